The zero-order valence-corrected chi connectivity index (χ0v) is 15.2. The van der Waals surface area contributed by atoms with Crippen molar-refractivity contribution in [2.75, 3.05) is 5.32 Å². The van der Waals surface area contributed by atoms with Gasteiger partial charge < -0.3 is 10.4 Å². The molecular weight excluding hydrogens is 346 g/mol. The average Bonchev–Trinajstić information content (AvgIpc) is 3.15. The Bertz CT molecular complexity index is 839. The average molecular weight is 364 g/mol. The van der Waals surface area contributed by atoms with Crippen LogP contribution in [0.25, 0.3) is 5.00 Å². The van der Waals surface area contributed by atoms with Gasteiger partial charge in [0, 0.05) is 22.5 Å². The Morgan fingerprint density at radius 2 is 2.12 bits per heavy atom. The molecule has 24 heavy (non-hydrogen) atoms. The first kappa shape index (κ1) is 16.7. The number of halogens is 1. The van der Waals surface area contributed by atoms with Crippen LogP contribution < -0.4 is 5.32 Å². The van der Waals surface area contributed by atoms with E-state index < -0.39 is 0 Å². The van der Waals surface area contributed by atoms with E-state index in [-0.39, 0.29) is 11.2 Å². The molecule has 0 aliphatic carbocycles. The van der Waals surface area contributed by atoms with Crippen molar-refractivity contribution >= 4 is 28.1 Å². The number of nitrogens with zero attached hydrogens (tertiary/aromatic N) is 4. The van der Waals surface area contributed by atoms with Crippen molar-refractivity contribution in [3.05, 3.63) is 47.1 Å². The van der Waals surface area contributed by atoms with Crippen LogP contribution in [0.5, 0.6) is 5.75 Å². The highest BCUT2D eigenvalue weighted by atomic mass is 35.5. The van der Waals surface area contributed by atoms with Gasteiger partial charge in [-0.15, -0.1) is 0 Å². The van der Waals surface area contributed by atoms with Gasteiger partial charge in [0.1, 0.15) is 23.4 Å². The van der Waals surface area contributed by atoms with E-state index in [2.05, 4.69) is 36.2 Å². The number of benzene rings is 1. The van der Waals surface area contributed by atoms with Crippen LogP contribution in [0.4, 0.5) is 5.13 Å². The lowest BCUT2D eigenvalue weighted by Crippen LogP contribution is -2.15. The molecule has 2 heterocycles. The van der Waals surface area contributed by atoms with Crippen LogP contribution >= 0.6 is 22.9 Å². The van der Waals surface area contributed by atoms with E-state index in [1.807, 2.05) is 0 Å². The summed E-state index contributed by atoms with van der Waals surface area (Å²) in [5.41, 5.74) is 1.53. The Labute approximate surface area is 149 Å². The Morgan fingerprint density at radius 1 is 1.33 bits per heavy atom. The van der Waals surface area contributed by atoms with Crippen molar-refractivity contribution in [3.63, 3.8) is 0 Å². The predicted molar refractivity (Wildman–Crippen MR) is 96.2 cm³/mol. The number of nitrogens with one attached hydrogen (secondary N) is 1. The molecule has 8 heteroatoms. The summed E-state index contributed by atoms with van der Waals surface area (Å²) in [7, 11) is 0. The van der Waals surface area contributed by atoms with Crippen LogP contribution in [0, 0.1) is 0 Å². The van der Waals surface area contributed by atoms with Crippen LogP contribution in [-0.2, 0) is 12.0 Å². The fourth-order valence-corrected chi connectivity index (χ4v) is 3.51. The molecular formula is C16H18ClN5OS. The minimum absolute atomic E-state index is 0.129. The number of phenols is 1. The van der Waals surface area contributed by atoms with Crippen molar-refractivity contribution in [3.8, 4) is 10.8 Å². The topological polar surface area (TPSA) is 75.9 Å². The second-order valence-electron chi connectivity index (χ2n) is 6.39. The minimum Gasteiger partial charge on any atom is -0.508 e. The molecule has 3 aromatic rings. The Kier molecular flexibility index (Phi) is 4.47. The van der Waals surface area contributed by atoms with Crippen molar-refractivity contribution in [2.45, 2.75) is 32.7 Å². The smallest absolute Gasteiger partial charge is 0.185 e. The van der Waals surface area contributed by atoms with Gasteiger partial charge in [0.15, 0.2) is 5.13 Å². The number of aromatic nitrogens is 4. The third-order valence-electron chi connectivity index (χ3n) is 3.42. The molecule has 0 spiro atoms. The predicted octanol–water partition coefficient (Wildman–Crippen LogP) is 3.99. The zero-order chi connectivity index (χ0) is 17.3. The fourth-order valence-electron chi connectivity index (χ4n) is 2.21. The summed E-state index contributed by atoms with van der Waals surface area (Å²) in [5, 5.41) is 19.6. The van der Waals surface area contributed by atoms with E-state index in [9.17, 15) is 5.11 Å². The van der Waals surface area contributed by atoms with Gasteiger partial charge in [0.05, 0.1) is 5.69 Å². The molecule has 0 bridgehead atoms. The number of anilines is 1. The van der Waals surface area contributed by atoms with E-state index in [1.54, 1.807) is 29.2 Å². The van der Waals surface area contributed by atoms with E-state index >= 15 is 0 Å². The highest BCUT2D eigenvalue weighted by Crippen LogP contribution is 2.35. The van der Waals surface area contributed by atoms with Gasteiger partial charge in [-0.2, -0.15) is 5.10 Å². The van der Waals surface area contributed by atoms with Gasteiger partial charge in [-0.25, -0.2) is 14.6 Å². The maximum absolute atomic E-state index is 9.91. The van der Waals surface area contributed by atoms with Gasteiger partial charge in [-0.3, -0.25) is 0 Å². The summed E-state index contributed by atoms with van der Waals surface area (Å²) in [6.07, 6.45) is 3.17. The molecule has 0 unspecified atom stereocenters. The first-order valence-electron chi connectivity index (χ1n) is 7.42. The van der Waals surface area contributed by atoms with Gasteiger partial charge >= 0.3 is 0 Å². The summed E-state index contributed by atoms with van der Waals surface area (Å²) >= 11 is 7.48. The molecule has 126 valence electrons. The SMILES string of the molecule is CC(C)(C)c1nc(NCc2cc(Cl)ccc2O)sc1-n1cncn1. The second-order valence-corrected chi connectivity index (χ2v) is 7.80. The summed E-state index contributed by atoms with van der Waals surface area (Å²) < 4.78 is 1.72. The zero-order valence-electron chi connectivity index (χ0n) is 13.6. The molecule has 3 rings (SSSR count). The van der Waals surface area contributed by atoms with Crippen LogP contribution in [-0.4, -0.2) is 24.9 Å². The van der Waals surface area contributed by atoms with Crippen molar-refractivity contribution in [1.82, 2.24) is 19.7 Å². The maximum Gasteiger partial charge on any atom is 0.185 e. The van der Waals surface area contributed by atoms with Gasteiger partial charge in [0.2, 0.25) is 0 Å². The molecule has 0 radical (unpaired) electrons. The third-order valence-corrected chi connectivity index (χ3v) is 4.66. The molecule has 6 nitrogen and oxygen atoms in total. The van der Waals surface area contributed by atoms with Crippen molar-refractivity contribution in [2.24, 2.45) is 0 Å². The van der Waals surface area contributed by atoms with E-state index in [1.165, 1.54) is 17.7 Å². The lowest BCUT2D eigenvalue weighted by Gasteiger charge is -2.16. The number of hydrogen-bond donors (Lipinski definition) is 2. The minimum atomic E-state index is -0.129. The third kappa shape index (κ3) is 3.52. The highest BCUT2D eigenvalue weighted by molar-refractivity contribution is 7.18. The number of aromatic hydroxyl groups is 1. The number of hydrogen-bond acceptors (Lipinski definition) is 6. The Balaban J connectivity index is 1.88. The lowest BCUT2D eigenvalue weighted by atomic mass is 9.92. The monoisotopic (exact) mass is 363 g/mol. The van der Waals surface area contributed by atoms with Crippen LogP contribution in [0.2, 0.25) is 5.02 Å². The van der Waals surface area contributed by atoms with Crippen molar-refractivity contribution < 1.29 is 5.11 Å². The second kappa shape index (κ2) is 6.41. The molecule has 2 N–H and O–H groups in total. The largest absolute Gasteiger partial charge is 0.508 e. The molecule has 1 aromatic carbocycles. The molecule has 0 amide bonds. The highest BCUT2D eigenvalue weighted by Gasteiger charge is 2.25. The van der Waals surface area contributed by atoms with Gasteiger partial charge in [0.25, 0.3) is 0 Å². The van der Waals surface area contributed by atoms with Gasteiger partial charge in [-0.1, -0.05) is 43.7 Å². The molecule has 0 fully saturated rings. The Hall–Kier alpha value is -2.12. The van der Waals surface area contributed by atoms with Crippen LogP contribution in [0.15, 0.2) is 30.9 Å². The first-order chi connectivity index (χ1) is 11.3. The molecule has 0 saturated heterocycles. The number of phenolic OH excluding ortho intramolecular Hbond substituents is 1. The molecule has 0 aliphatic rings. The van der Waals surface area contributed by atoms with E-state index in [0.29, 0.717) is 11.6 Å². The maximum atomic E-state index is 9.91. The van der Waals surface area contributed by atoms with Crippen molar-refractivity contribution in [1.29, 1.82) is 0 Å². The molecule has 2 aromatic heterocycles. The van der Waals surface area contributed by atoms with Crippen LogP contribution in [0.3, 0.4) is 0 Å². The summed E-state index contributed by atoms with van der Waals surface area (Å²) in [6.45, 7) is 6.75. The van der Waals surface area contributed by atoms with E-state index in [4.69, 9.17) is 16.6 Å². The van der Waals surface area contributed by atoms with Gasteiger partial charge in [-0.05, 0) is 18.2 Å². The summed E-state index contributed by atoms with van der Waals surface area (Å²) in [4.78, 5) is 8.72. The quantitative estimate of drug-likeness (QED) is 0.732. The molecule has 0 atom stereocenters. The molecule has 0 saturated carbocycles. The fraction of sp³-hybridized carbons (Fsp3) is 0.312. The number of rotatable bonds is 4. The molecule has 0 aliphatic heterocycles. The summed E-state index contributed by atoms with van der Waals surface area (Å²) in [6, 6.07) is 4.98. The Morgan fingerprint density at radius 3 is 2.79 bits per heavy atom. The van der Waals surface area contributed by atoms with Crippen LogP contribution in [0.1, 0.15) is 32.0 Å². The lowest BCUT2D eigenvalue weighted by molar-refractivity contribution is 0.469. The first-order valence-corrected chi connectivity index (χ1v) is 8.61. The normalized spacial score (nSPS) is 11.7. The standard InChI is InChI=1S/C16H18ClN5OS/c1-16(2,3)13-14(22-9-18-8-20-22)24-15(21-13)19-7-10-6-11(17)4-5-12(10)23/h4-6,8-9,23H,7H2,1-3H3,(H,19,21). The summed E-state index contributed by atoms with van der Waals surface area (Å²) in [5.74, 6) is 0.205. The number of thiazole rings is 1. The van der Waals surface area contributed by atoms with E-state index in [0.717, 1.165) is 21.4 Å².